The van der Waals surface area contributed by atoms with Crippen molar-refractivity contribution in [3.63, 3.8) is 0 Å². The second-order valence-electron chi connectivity index (χ2n) is 2.10. The first-order valence-corrected chi connectivity index (χ1v) is 3.42. The van der Waals surface area contributed by atoms with Gasteiger partial charge in [-0.2, -0.15) is 13.2 Å². The Morgan fingerprint density at radius 1 is 1.15 bits per heavy atom. The van der Waals surface area contributed by atoms with Crippen LogP contribution in [0.2, 0.25) is 0 Å². The normalized spacial score (nSPS) is 14.5. The van der Waals surface area contributed by atoms with E-state index in [4.69, 9.17) is 0 Å². The van der Waals surface area contributed by atoms with Crippen LogP contribution in [0.1, 0.15) is 0 Å². The van der Waals surface area contributed by atoms with Crippen molar-refractivity contribution in [1.82, 2.24) is 0 Å². The molecule has 0 aromatic rings. The average Bonchev–Trinajstić information content (AvgIpc) is 2.01. The van der Waals surface area contributed by atoms with Crippen molar-refractivity contribution in [1.29, 1.82) is 0 Å². The van der Waals surface area contributed by atoms with Gasteiger partial charge in [0.2, 0.25) is 6.36 Å². The third-order valence-corrected chi connectivity index (χ3v) is 0.913. The molecule has 0 saturated carbocycles. The SMILES string of the molecule is FCC(F)OCCOCC(F)(F)F. The molecule has 80 valence electrons. The predicted octanol–water partition coefficient (Wildman–Crippen LogP) is 1.85. The average molecular weight is 208 g/mol. The highest BCUT2D eigenvalue weighted by molar-refractivity contribution is 4.45. The van der Waals surface area contributed by atoms with Crippen molar-refractivity contribution >= 4 is 0 Å². The van der Waals surface area contributed by atoms with Gasteiger partial charge in [-0.1, -0.05) is 0 Å². The van der Waals surface area contributed by atoms with Gasteiger partial charge in [0.25, 0.3) is 0 Å². The lowest BCUT2D eigenvalue weighted by atomic mass is 10.7. The summed E-state index contributed by atoms with van der Waals surface area (Å²) in [7, 11) is 0. The molecule has 1 atom stereocenters. The zero-order chi connectivity index (χ0) is 10.3. The Morgan fingerprint density at radius 2 is 1.77 bits per heavy atom. The van der Waals surface area contributed by atoms with E-state index in [2.05, 4.69) is 9.47 Å². The molecule has 1 unspecified atom stereocenters. The number of hydrogen-bond donors (Lipinski definition) is 0. The summed E-state index contributed by atoms with van der Waals surface area (Å²) in [6, 6.07) is 0. The number of alkyl halides is 5. The maximum Gasteiger partial charge on any atom is 0.411 e. The standard InChI is InChI=1S/C6H9F5O2/c7-3-5(8)13-2-1-12-4-6(9,10)11/h5H,1-4H2. The zero-order valence-corrected chi connectivity index (χ0v) is 6.61. The van der Waals surface area contributed by atoms with Crippen molar-refractivity contribution in [3.8, 4) is 0 Å². The van der Waals surface area contributed by atoms with Crippen LogP contribution in [-0.2, 0) is 9.47 Å². The summed E-state index contributed by atoms with van der Waals surface area (Å²) in [5.74, 6) is 0. The fourth-order valence-corrected chi connectivity index (χ4v) is 0.467. The lowest BCUT2D eigenvalue weighted by Crippen LogP contribution is -2.20. The smallest absolute Gasteiger partial charge is 0.370 e. The minimum absolute atomic E-state index is 0.402. The first-order chi connectivity index (χ1) is 5.95. The minimum atomic E-state index is -4.41. The monoisotopic (exact) mass is 208 g/mol. The molecule has 13 heavy (non-hydrogen) atoms. The fourth-order valence-electron chi connectivity index (χ4n) is 0.467. The van der Waals surface area contributed by atoms with Gasteiger partial charge < -0.3 is 9.47 Å². The number of rotatable bonds is 6. The van der Waals surface area contributed by atoms with Crippen LogP contribution in [0, 0.1) is 0 Å². The molecule has 0 bridgehead atoms. The molecule has 0 aromatic carbocycles. The summed E-state index contributed by atoms with van der Waals surface area (Å²) >= 11 is 0. The van der Waals surface area contributed by atoms with E-state index in [1.54, 1.807) is 0 Å². The molecule has 0 aliphatic rings. The molecule has 2 nitrogen and oxygen atoms in total. The van der Waals surface area contributed by atoms with Gasteiger partial charge in [0.15, 0.2) is 0 Å². The summed E-state index contributed by atoms with van der Waals surface area (Å²) in [5, 5.41) is 0. The van der Waals surface area contributed by atoms with E-state index < -0.39 is 39.0 Å². The summed E-state index contributed by atoms with van der Waals surface area (Å²) in [5.41, 5.74) is 0. The summed E-state index contributed by atoms with van der Waals surface area (Å²) < 4.78 is 65.6. The van der Waals surface area contributed by atoms with Gasteiger partial charge in [-0.15, -0.1) is 0 Å². The van der Waals surface area contributed by atoms with Gasteiger partial charge in [-0.3, -0.25) is 0 Å². The summed E-state index contributed by atoms with van der Waals surface area (Å²) in [4.78, 5) is 0. The molecule has 0 saturated heterocycles. The van der Waals surface area contributed by atoms with Crippen LogP contribution in [0.15, 0.2) is 0 Å². The highest BCUT2D eigenvalue weighted by atomic mass is 19.4. The van der Waals surface area contributed by atoms with E-state index in [1.165, 1.54) is 0 Å². The third-order valence-electron chi connectivity index (χ3n) is 0.913. The Kier molecular flexibility index (Phi) is 5.89. The Hall–Kier alpha value is -0.430. The maximum absolute atomic E-state index is 11.9. The Labute approximate surface area is 71.6 Å². The predicted molar refractivity (Wildman–Crippen MR) is 33.7 cm³/mol. The largest absolute Gasteiger partial charge is 0.411 e. The van der Waals surface area contributed by atoms with Crippen LogP contribution in [0.25, 0.3) is 0 Å². The van der Waals surface area contributed by atoms with Crippen LogP contribution >= 0.6 is 0 Å². The van der Waals surface area contributed by atoms with Gasteiger partial charge in [0, 0.05) is 0 Å². The molecule has 0 amide bonds. The molecule has 0 spiro atoms. The quantitative estimate of drug-likeness (QED) is 0.489. The van der Waals surface area contributed by atoms with Gasteiger partial charge in [0.05, 0.1) is 13.2 Å². The third kappa shape index (κ3) is 9.48. The molecule has 7 heteroatoms. The van der Waals surface area contributed by atoms with E-state index in [0.29, 0.717) is 0 Å². The summed E-state index contributed by atoms with van der Waals surface area (Å²) in [6.07, 6.45) is -6.50. The molecule has 0 aromatic heterocycles. The van der Waals surface area contributed by atoms with Crippen LogP contribution < -0.4 is 0 Å². The number of ether oxygens (including phenoxy) is 2. The lowest BCUT2D eigenvalue weighted by molar-refractivity contribution is -0.179. The van der Waals surface area contributed by atoms with Crippen molar-refractivity contribution in [2.45, 2.75) is 12.5 Å². The Balaban J connectivity index is 3.18. The van der Waals surface area contributed by atoms with Crippen molar-refractivity contribution < 1.29 is 31.4 Å². The molecule has 0 aliphatic carbocycles. The van der Waals surface area contributed by atoms with Gasteiger partial charge in [0.1, 0.15) is 13.3 Å². The molecule has 0 heterocycles. The fraction of sp³-hybridized carbons (Fsp3) is 1.00. The highest BCUT2D eigenvalue weighted by Gasteiger charge is 2.27. The van der Waals surface area contributed by atoms with Crippen LogP contribution in [0.5, 0.6) is 0 Å². The molecule has 0 radical (unpaired) electrons. The van der Waals surface area contributed by atoms with E-state index >= 15 is 0 Å². The second kappa shape index (κ2) is 6.09. The molecule has 0 fully saturated rings. The van der Waals surface area contributed by atoms with Crippen LogP contribution in [0.3, 0.4) is 0 Å². The van der Waals surface area contributed by atoms with Crippen molar-refractivity contribution in [2.24, 2.45) is 0 Å². The maximum atomic E-state index is 11.9. The molecular formula is C6H9F5O2. The minimum Gasteiger partial charge on any atom is -0.370 e. The molecule has 0 N–H and O–H groups in total. The zero-order valence-electron chi connectivity index (χ0n) is 6.61. The van der Waals surface area contributed by atoms with E-state index in [1.807, 2.05) is 0 Å². The van der Waals surface area contributed by atoms with Crippen molar-refractivity contribution in [3.05, 3.63) is 0 Å². The topological polar surface area (TPSA) is 18.5 Å². The number of hydrogen-bond acceptors (Lipinski definition) is 2. The second-order valence-corrected chi connectivity index (χ2v) is 2.10. The van der Waals surface area contributed by atoms with E-state index in [9.17, 15) is 22.0 Å². The van der Waals surface area contributed by atoms with E-state index in [-0.39, 0.29) is 0 Å². The molecule has 0 aliphatic heterocycles. The summed E-state index contributed by atoms with van der Waals surface area (Å²) in [6.45, 7) is -3.55. The Bertz CT molecular complexity index is 127. The van der Waals surface area contributed by atoms with Gasteiger partial charge >= 0.3 is 6.18 Å². The molecular weight excluding hydrogens is 199 g/mol. The van der Waals surface area contributed by atoms with Gasteiger partial charge in [-0.25, -0.2) is 8.78 Å². The van der Waals surface area contributed by atoms with E-state index in [0.717, 1.165) is 0 Å². The van der Waals surface area contributed by atoms with Crippen molar-refractivity contribution in [2.75, 3.05) is 26.5 Å². The Morgan fingerprint density at radius 3 is 2.23 bits per heavy atom. The van der Waals surface area contributed by atoms with Crippen LogP contribution in [0.4, 0.5) is 22.0 Å². The van der Waals surface area contributed by atoms with Crippen LogP contribution in [-0.4, -0.2) is 39.0 Å². The lowest BCUT2D eigenvalue weighted by Gasteiger charge is -2.08. The first kappa shape index (κ1) is 12.6. The highest BCUT2D eigenvalue weighted by Crippen LogP contribution is 2.14. The first-order valence-electron chi connectivity index (χ1n) is 3.42. The van der Waals surface area contributed by atoms with Gasteiger partial charge in [-0.05, 0) is 0 Å². The molecule has 0 rings (SSSR count). The number of halogens is 5.